The molecule has 100 valence electrons. The number of hydrogen-bond acceptors (Lipinski definition) is 4. The monoisotopic (exact) mass is 270 g/mol. The Morgan fingerprint density at radius 1 is 1.50 bits per heavy atom. The zero-order valence-electron chi connectivity index (χ0n) is 10.8. The lowest BCUT2D eigenvalue weighted by Crippen LogP contribution is -2.40. The van der Waals surface area contributed by atoms with Crippen LogP contribution in [-0.4, -0.2) is 39.5 Å². The van der Waals surface area contributed by atoms with Gasteiger partial charge in [0.1, 0.15) is 11.4 Å². The number of amides is 1. The summed E-state index contributed by atoms with van der Waals surface area (Å²) in [4.78, 5) is 28.9. The first-order valence-electron chi connectivity index (χ1n) is 5.93. The zero-order chi connectivity index (χ0) is 13.7. The maximum absolute atomic E-state index is 12.2. The fraction of sp³-hybridized carbons (Fsp3) is 0.583. The van der Waals surface area contributed by atoms with Gasteiger partial charge in [0.15, 0.2) is 0 Å². The Hall–Kier alpha value is -1.43. The number of nitrogens with zero attached hydrogens (tertiary/aromatic N) is 2. The molecule has 0 aromatic carbocycles. The molecule has 0 unspecified atom stereocenters. The van der Waals surface area contributed by atoms with E-state index in [1.165, 1.54) is 22.4 Å². The maximum Gasteiger partial charge on any atom is 0.323 e. The van der Waals surface area contributed by atoms with Crippen LogP contribution in [0, 0.1) is 0 Å². The highest BCUT2D eigenvalue weighted by atomic mass is 32.1. The summed E-state index contributed by atoms with van der Waals surface area (Å²) in [5, 5.41) is 9.73. The summed E-state index contributed by atoms with van der Waals surface area (Å²) in [6.07, 6.45) is 3.36. The van der Waals surface area contributed by atoms with Crippen molar-refractivity contribution in [3.05, 3.63) is 16.1 Å². The lowest BCUT2D eigenvalue weighted by Gasteiger charge is -2.23. The molecule has 0 atom stereocenters. The van der Waals surface area contributed by atoms with Crippen LogP contribution in [0.1, 0.15) is 41.9 Å². The lowest BCUT2D eigenvalue weighted by atomic mass is 10.3. The van der Waals surface area contributed by atoms with E-state index in [-0.39, 0.29) is 18.5 Å². The molecule has 1 rings (SSSR count). The Morgan fingerprint density at radius 2 is 2.17 bits per heavy atom. The standard InChI is InChI=1S/C12H18N2O3S/c1-4-5-10-13-6-9(18-10)12(17)14(8(2)3)7-11(15)16/h6,8H,4-5,7H2,1-3H3,(H,15,16). The van der Waals surface area contributed by atoms with Gasteiger partial charge in [-0.25, -0.2) is 4.98 Å². The number of hydrogen-bond donors (Lipinski definition) is 1. The molecule has 0 aliphatic carbocycles. The number of aryl methyl sites for hydroxylation is 1. The van der Waals surface area contributed by atoms with Crippen molar-refractivity contribution in [2.24, 2.45) is 0 Å². The van der Waals surface area contributed by atoms with Gasteiger partial charge in [0.2, 0.25) is 0 Å². The van der Waals surface area contributed by atoms with Gasteiger partial charge in [0, 0.05) is 6.04 Å². The first-order valence-corrected chi connectivity index (χ1v) is 6.74. The molecule has 1 aromatic heterocycles. The second kappa shape index (κ2) is 6.49. The highest BCUT2D eigenvalue weighted by Gasteiger charge is 2.23. The highest BCUT2D eigenvalue weighted by molar-refractivity contribution is 7.13. The van der Waals surface area contributed by atoms with Crippen LogP contribution in [0.2, 0.25) is 0 Å². The van der Waals surface area contributed by atoms with Crippen molar-refractivity contribution in [2.45, 2.75) is 39.7 Å². The number of carboxylic acids is 1. The van der Waals surface area contributed by atoms with E-state index in [0.717, 1.165) is 17.8 Å². The van der Waals surface area contributed by atoms with Gasteiger partial charge in [-0.05, 0) is 26.7 Å². The van der Waals surface area contributed by atoms with Crippen LogP contribution in [0.25, 0.3) is 0 Å². The van der Waals surface area contributed by atoms with Crippen molar-refractivity contribution in [3.63, 3.8) is 0 Å². The van der Waals surface area contributed by atoms with Crippen LogP contribution in [-0.2, 0) is 11.2 Å². The SMILES string of the molecule is CCCc1ncc(C(=O)N(CC(=O)O)C(C)C)s1. The van der Waals surface area contributed by atoms with Crippen molar-refractivity contribution < 1.29 is 14.7 Å². The average molecular weight is 270 g/mol. The van der Waals surface area contributed by atoms with E-state index in [0.29, 0.717) is 4.88 Å². The zero-order valence-corrected chi connectivity index (χ0v) is 11.7. The molecule has 0 aliphatic heterocycles. The van der Waals surface area contributed by atoms with Crippen LogP contribution in [0.15, 0.2) is 6.20 Å². The number of aromatic nitrogens is 1. The minimum Gasteiger partial charge on any atom is -0.480 e. The van der Waals surface area contributed by atoms with Gasteiger partial charge in [-0.3, -0.25) is 9.59 Å². The topological polar surface area (TPSA) is 70.5 Å². The largest absolute Gasteiger partial charge is 0.480 e. The first-order chi connectivity index (χ1) is 8.45. The summed E-state index contributed by atoms with van der Waals surface area (Å²) in [5.74, 6) is -1.26. The summed E-state index contributed by atoms with van der Waals surface area (Å²) in [6, 6.07) is -0.148. The third kappa shape index (κ3) is 3.80. The summed E-state index contributed by atoms with van der Waals surface area (Å²) in [7, 11) is 0. The molecule has 0 spiro atoms. The minimum absolute atomic E-state index is 0.148. The van der Waals surface area contributed by atoms with Gasteiger partial charge >= 0.3 is 5.97 Å². The number of aliphatic carboxylic acids is 1. The summed E-state index contributed by atoms with van der Waals surface area (Å²) in [6.45, 7) is 5.37. The Kier molecular flexibility index (Phi) is 5.27. The molecule has 1 heterocycles. The molecule has 1 amide bonds. The van der Waals surface area contributed by atoms with Crippen molar-refractivity contribution in [1.29, 1.82) is 0 Å². The van der Waals surface area contributed by atoms with Crippen molar-refractivity contribution in [1.82, 2.24) is 9.88 Å². The Balaban J connectivity index is 2.84. The quantitative estimate of drug-likeness (QED) is 0.858. The molecule has 0 bridgehead atoms. The van der Waals surface area contributed by atoms with E-state index in [1.54, 1.807) is 13.8 Å². The van der Waals surface area contributed by atoms with E-state index in [4.69, 9.17) is 5.11 Å². The van der Waals surface area contributed by atoms with E-state index in [2.05, 4.69) is 4.98 Å². The average Bonchev–Trinajstić information content (AvgIpc) is 2.73. The third-order valence-electron chi connectivity index (χ3n) is 2.42. The summed E-state index contributed by atoms with van der Waals surface area (Å²) < 4.78 is 0. The number of carbonyl (C=O) groups is 2. The number of carbonyl (C=O) groups excluding carboxylic acids is 1. The lowest BCUT2D eigenvalue weighted by molar-refractivity contribution is -0.138. The number of rotatable bonds is 6. The van der Waals surface area contributed by atoms with Crippen LogP contribution in [0.5, 0.6) is 0 Å². The van der Waals surface area contributed by atoms with Crippen LogP contribution in [0.4, 0.5) is 0 Å². The second-order valence-electron chi connectivity index (χ2n) is 4.29. The first kappa shape index (κ1) is 14.6. The fourth-order valence-corrected chi connectivity index (χ4v) is 2.49. The molecule has 0 aliphatic rings. The molecule has 6 heteroatoms. The fourth-order valence-electron chi connectivity index (χ4n) is 1.51. The van der Waals surface area contributed by atoms with Gasteiger partial charge in [-0.15, -0.1) is 11.3 Å². The number of thiazole rings is 1. The minimum atomic E-state index is -1.00. The Labute approximate surface area is 110 Å². The molecular weight excluding hydrogens is 252 g/mol. The molecule has 0 radical (unpaired) electrons. The van der Waals surface area contributed by atoms with Crippen molar-refractivity contribution >= 4 is 23.2 Å². The van der Waals surface area contributed by atoms with Crippen LogP contribution in [0.3, 0.4) is 0 Å². The summed E-state index contributed by atoms with van der Waals surface area (Å²) >= 11 is 1.34. The molecule has 5 nitrogen and oxygen atoms in total. The maximum atomic E-state index is 12.2. The van der Waals surface area contributed by atoms with Crippen LogP contribution < -0.4 is 0 Å². The van der Waals surface area contributed by atoms with E-state index in [9.17, 15) is 9.59 Å². The Morgan fingerprint density at radius 3 is 2.67 bits per heavy atom. The summed E-state index contributed by atoms with van der Waals surface area (Å²) in [5.41, 5.74) is 0. The highest BCUT2D eigenvalue weighted by Crippen LogP contribution is 2.17. The van der Waals surface area contributed by atoms with Gasteiger partial charge in [-0.2, -0.15) is 0 Å². The van der Waals surface area contributed by atoms with Gasteiger partial charge < -0.3 is 10.0 Å². The van der Waals surface area contributed by atoms with E-state index in [1.807, 2.05) is 6.92 Å². The van der Waals surface area contributed by atoms with Crippen LogP contribution >= 0.6 is 11.3 Å². The van der Waals surface area contributed by atoms with E-state index >= 15 is 0 Å². The molecule has 1 N–H and O–H groups in total. The smallest absolute Gasteiger partial charge is 0.323 e. The third-order valence-corrected chi connectivity index (χ3v) is 3.46. The Bertz CT molecular complexity index is 429. The number of carboxylic acid groups (broad SMARTS) is 1. The predicted molar refractivity (Wildman–Crippen MR) is 69.9 cm³/mol. The molecule has 18 heavy (non-hydrogen) atoms. The van der Waals surface area contributed by atoms with Gasteiger partial charge in [0.25, 0.3) is 5.91 Å². The molecule has 0 saturated carbocycles. The molecule has 1 aromatic rings. The second-order valence-corrected chi connectivity index (χ2v) is 5.40. The molecule has 0 fully saturated rings. The van der Waals surface area contributed by atoms with Crippen molar-refractivity contribution in [2.75, 3.05) is 6.54 Å². The normalized spacial score (nSPS) is 10.7. The molecule has 0 saturated heterocycles. The molecular formula is C12H18N2O3S. The van der Waals surface area contributed by atoms with Gasteiger partial charge in [-0.1, -0.05) is 6.92 Å². The van der Waals surface area contributed by atoms with Crippen molar-refractivity contribution in [3.8, 4) is 0 Å². The van der Waals surface area contributed by atoms with Gasteiger partial charge in [0.05, 0.1) is 11.2 Å². The van der Waals surface area contributed by atoms with E-state index < -0.39 is 5.97 Å². The predicted octanol–water partition coefficient (Wildman–Crippen LogP) is 2.03.